The summed E-state index contributed by atoms with van der Waals surface area (Å²) < 4.78 is 12.8. The van der Waals surface area contributed by atoms with E-state index in [1.807, 2.05) is 0 Å². The van der Waals surface area contributed by atoms with Gasteiger partial charge in [0, 0.05) is 11.2 Å². The minimum Gasteiger partial charge on any atom is -0.358 e. The van der Waals surface area contributed by atoms with Gasteiger partial charge in [0.2, 0.25) is 0 Å². The minimum atomic E-state index is -0.190. The molecule has 0 unspecified atom stereocenters. The lowest BCUT2D eigenvalue weighted by Crippen LogP contribution is -1.84. The van der Waals surface area contributed by atoms with Crippen LogP contribution in [0.5, 0.6) is 0 Å². The van der Waals surface area contributed by atoms with E-state index in [1.54, 1.807) is 6.07 Å². The zero-order chi connectivity index (χ0) is 9.42. The van der Waals surface area contributed by atoms with E-state index in [-0.39, 0.29) is 5.82 Å². The van der Waals surface area contributed by atoms with Gasteiger partial charge >= 0.3 is 0 Å². The van der Waals surface area contributed by atoms with Gasteiger partial charge in [0.05, 0.1) is 0 Å². The SMILES string of the molecule is CC(C)c1cc2ccc(F)cc2[nH]1. The van der Waals surface area contributed by atoms with E-state index < -0.39 is 0 Å². The molecule has 2 rings (SSSR count). The van der Waals surface area contributed by atoms with Crippen LogP contribution in [0, 0.1) is 5.82 Å². The lowest BCUT2D eigenvalue weighted by atomic mass is 10.1. The zero-order valence-electron chi connectivity index (χ0n) is 7.76. The normalized spacial score (nSPS) is 11.4. The first-order valence-corrected chi connectivity index (χ1v) is 4.45. The number of H-pyrrole nitrogens is 1. The third-order valence-corrected chi connectivity index (χ3v) is 2.23. The molecule has 68 valence electrons. The summed E-state index contributed by atoms with van der Waals surface area (Å²) in [6.45, 7) is 4.22. The molecule has 0 atom stereocenters. The van der Waals surface area contributed by atoms with E-state index in [2.05, 4.69) is 24.9 Å². The molecule has 0 saturated heterocycles. The van der Waals surface area contributed by atoms with Crippen LogP contribution in [0.15, 0.2) is 24.3 Å². The van der Waals surface area contributed by atoms with Gasteiger partial charge in [-0.15, -0.1) is 0 Å². The summed E-state index contributed by atoms with van der Waals surface area (Å²) in [5.41, 5.74) is 2.03. The fourth-order valence-electron chi connectivity index (χ4n) is 1.43. The molecule has 0 bridgehead atoms. The maximum absolute atomic E-state index is 12.8. The van der Waals surface area contributed by atoms with Crippen molar-refractivity contribution in [2.45, 2.75) is 19.8 Å². The molecule has 0 radical (unpaired) electrons. The Morgan fingerprint density at radius 3 is 2.69 bits per heavy atom. The van der Waals surface area contributed by atoms with Gasteiger partial charge in [0.1, 0.15) is 5.82 Å². The Hall–Kier alpha value is -1.31. The second kappa shape index (κ2) is 2.87. The van der Waals surface area contributed by atoms with Gasteiger partial charge in [-0.2, -0.15) is 0 Å². The van der Waals surface area contributed by atoms with Gasteiger partial charge in [-0.25, -0.2) is 4.39 Å². The molecule has 1 N–H and O–H groups in total. The first kappa shape index (κ1) is 8.30. The smallest absolute Gasteiger partial charge is 0.125 e. The average molecular weight is 177 g/mol. The molecule has 0 aliphatic rings. The molecule has 0 aliphatic carbocycles. The Bertz CT molecular complexity index is 429. The second-order valence-corrected chi connectivity index (χ2v) is 3.61. The van der Waals surface area contributed by atoms with Crippen molar-refractivity contribution >= 4 is 10.9 Å². The molecule has 0 saturated carbocycles. The van der Waals surface area contributed by atoms with Gasteiger partial charge in [0.15, 0.2) is 0 Å². The van der Waals surface area contributed by atoms with Crippen molar-refractivity contribution < 1.29 is 4.39 Å². The van der Waals surface area contributed by atoms with Crippen molar-refractivity contribution in [3.8, 4) is 0 Å². The van der Waals surface area contributed by atoms with Crippen molar-refractivity contribution in [2.75, 3.05) is 0 Å². The molecular formula is C11H12FN. The van der Waals surface area contributed by atoms with E-state index >= 15 is 0 Å². The van der Waals surface area contributed by atoms with Crippen LogP contribution in [0.1, 0.15) is 25.5 Å². The lowest BCUT2D eigenvalue weighted by Gasteiger charge is -1.97. The largest absolute Gasteiger partial charge is 0.358 e. The maximum atomic E-state index is 12.8. The monoisotopic (exact) mass is 177 g/mol. The zero-order valence-corrected chi connectivity index (χ0v) is 7.76. The number of hydrogen-bond donors (Lipinski definition) is 1. The molecule has 0 amide bonds. The highest BCUT2D eigenvalue weighted by Crippen LogP contribution is 2.21. The summed E-state index contributed by atoms with van der Waals surface area (Å²) >= 11 is 0. The third kappa shape index (κ3) is 1.44. The molecule has 0 aliphatic heterocycles. The summed E-state index contributed by atoms with van der Waals surface area (Å²) in [7, 11) is 0. The van der Waals surface area contributed by atoms with E-state index in [9.17, 15) is 4.39 Å². The van der Waals surface area contributed by atoms with Gasteiger partial charge in [-0.05, 0) is 35.6 Å². The first-order chi connectivity index (χ1) is 6.16. The number of fused-ring (bicyclic) bond motifs is 1. The summed E-state index contributed by atoms with van der Waals surface area (Å²) in [4.78, 5) is 3.20. The van der Waals surface area contributed by atoms with Crippen molar-refractivity contribution in [3.05, 3.63) is 35.8 Å². The number of nitrogens with one attached hydrogen (secondary N) is 1. The fraction of sp³-hybridized carbons (Fsp3) is 0.273. The average Bonchev–Trinajstić information content (AvgIpc) is 2.46. The van der Waals surface area contributed by atoms with Gasteiger partial charge in [0.25, 0.3) is 0 Å². The molecule has 2 aromatic rings. The number of halogens is 1. The van der Waals surface area contributed by atoms with Gasteiger partial charge < -0.3 is 4.98 Å². The summed E-state index contributed by atoms with van der Waals surface area (Å²) in [6, 6.07) is 6.88. The number of hydrogen-bond acceptors (Lipinski definition) is 0. The van der Waals surface area contributed by atoms with Crippen LogP contribution in [0.2, 0.25) is 0 Å². The fourth-order valence-corrected chi connectivity index (χ4v) is 1.43. The number of aromatic amines is 1. The molecule has 1 aromatic heterocycles. The third-order valence-electron chi connectivity index (χ3n) is 2.23. The van der Waals surface area contributed by atoms with Gasteiger partial charge in [-0.3, -0.25) is 0 Å². The number of benzene rings is 1. The second-order valence-electron chi connectivity index (χ2n) is 3.61. The van der Waals surface area contributed by atoms with Crippen molar-refractivity contribution in [1.29, 1.82) is 0 Å². The van der Waals surface area contributed by atoms with Crippen LogP contribution in [-0.2, 0) is 0 Å². The van der Waals surface area contributed by atoms with Crippen LogP contribution >= 0.6 is 0 Å². The highest BCUT2D eigenvalue weighted by Gasteiger charge is 2.04. The van der Waals surface area contributed by atoms with Gasteiger partial charge in [-0.1, -0.05) is 13.8 Å². The molecule has 0 spiro atoms. The number of rotatable bonds is 1. The molecule has 13 heavy (non-hydrogen) atoms. The van der Waals surface area contributed by atoms with Crippen LogP contribution in [0.25, 0.3) is 10.9 Å². The summed E-state index contributed by atoms with van der Waals surface area (Å²) in [6.07, 6.45) is 0. The first-order valence-electron chi connectivity index (χ1n) is 4.45. The summed E-state index contributed by atoms with van der Waals surface area (Å²) in [5.74, 6) is 0.264. The van der Waals surface area contributed by atoms with E-state index in [1.165, 1.54) is 12.1 Å². The van der Waals surface area contributed by atoms with E-state index in [4.69, 9.17) is 0 Å². The minimum absolute atomic E-state index is 0.190. The molecule has 1 heterocycles. The molecule has 2 heteroatoms. The standard InChI is InChI=1S/C11H12FN/c1-7(2)10-5-8-3-4-9(12)6-11(8)13-10/h3-7,13H,1-2H3. The van der Waals surface area contributed by atoms with Crippen molar-refractivity contribution in [3.63, 3.8) is 0 Å². The topological polar surface area (TPSA) is 15.8 Å². The molecular weight excluding hydrogens is 165 g/mol. The van der Waals surface area contributed by atoms with Crippen molar-refractivity contribution in [1.82, 2.24) is 4.98 Å². The Morgan fingerprint density at radius 2 is 2.00 bits per heavy atom. The van der Waals surface area contributed by atoms with Crippen LogP contribution < -0.4 is 0 Å². The van der Waals surface area contributed by atoms with Crippen LogP contribution in [-0.4, -0.2) is 4.98 Å². The predicted octanol–water partition coefficient (Wildman–Crippen LogP) is 3.43. The Balaban J connectivity index is 2.62. The maximum Gasteiger partial charge on any atom is 0.125 e. The lowest BCUT2D eigenvalue weighted by molar-refractivity contribution is 0.629. The highest BCUT2D eigenvalue weighted by molar-refractivity contribution is 5.80. The van der Waals surface area contributed by atoms with E-state index in [0.29, 0.717) is 5.92 Å². The molecule has 1 aromatic carbocycles. The number of aromatic nitrogens is 1. The highest BCUT2D eigenvalue weighted by atomic mass is 19.1. The molecule has 1 nitrogen and oxygen atoms in total. The predicted molar refractivity (Wildman–Crippen MR) is 52.3 cm³/mol. The van der Waals surface area contributed by atoms with Crippen LogP contribution in [0.3, 0.4) is 0 Å². The van der Waals surface area contributed by atoms with E-state index in [0.717, 1.165) is 16.6 Å². The summed E-state index contributed by atoms with van der Waals surface area (Å²) in [5, 5.41) is 1.07. The van der Waals surface area contributed by atoms with Crippen molar-refractivity contribution in [2.24, 2.45) is 0 Å². The Morgan fingerprint density at radius 1 is 1.23 bits per heavy atom. The van der Waals surface area contributed by atoms with Crippen LogP contribution in [0.4, 0.5) is 4.39 Å². The molecule has 0 fully saturated rings. The Labute approximate surface area is 76.6 Å². The Kier molecular flexibility index (Phi) is 1.83. The quantitative estimate of drug-likeness (QED) is 0.686.